The number of hydrogen-bond acceptors (Lipinski definition) is 4. The van der Waals surface area contributed by atoms with Crippen LogP contribution in [-0.4, -0.2) is 34.7 Å². The van der Waals surface area contributed by atoms with E-state index in [1.165, 1.54) is 0 Å². The summed E-state index contributed by atoms with van der Waals surface area (Å²) in [6.07, 6.45) is 3.44. The van der Waals surface area contributed by atoms with E-state index in [1.807, 2.05) is 0 Å². The Hall–Kier alpha value is -1.14. The van der Waals surface area contributed by atoms with Gasteiger partial charge >= 0.3 is 11.9 Å². The van der Waals surface area contributed by atoms with Crippen molar-refractivity contribution in [1.82, 2.24) is 0 Å². The topological polar surface area (TPSA) is 127 Å². The monoisotopic (exact) mass is 356 g/mol. The van der Waals surface area contributed by atoms with E-state index in [4.69, 9.17) is 16.6 Å². The summed E-state index contributed by atoms with van der Waals surface area (Å²) in [6.45, 7) is 9.11. The van der Waals surface area contributed by atoms with E-state index in [0.717, 1.165) is 19.3 Å². The van der Waals surface area contributed by atoms with Crippen LogP contribution in [0.2, 0.25) is 0 Å². The lowest BCUT2D eigenvalue weighted by molar-refractivity contribution is -0.140. The minimum atomic E-state index is -0.866. The van der Waals surface area contributed by atoms with E-state index >= 15 is 0 Å². The molecular formula is C19H36N2O4. The highest BCUT2D eigenvalue weighted by Crippen LogP contribution is 2.59. The predicted molar refractivity (Wildman–Crippen MR) is 98.0 cm³/mol. The van der Waals surface area contributed by atoms with Crippen LogP contribution in [0.5, 0.6) is 0 Å². The molecule has 6 heteroatoms. The summed E-state index contributed by atoms with van der Waals surface area (Å²) in [5.74, 6) is -0.672. The second-order valence-corrected chi connectivity index (χ2v) is 8.97. The third-order valence-electron chi connectivity index (χ3n) is 6.45. The Kier molecular flexibility index (Phi) is 7.44. The summed E-state index contributed by atoms with van der Waals surface area (Å²) in [5.41, 5.74) is 11.7. The lowest BCUT2D eigenvalue weighted by Crippen LogP contribution is -2.38. The van der Waals surface area contributed by atoms with E-state index < -0.39 is 11.9 Å². The van der Waals surface area contributed by atoms with Crippen LogP contribution in [-0.2, 0) is 9.59 Å². The normalized spacial score (nSPS) is 30.8. The van der Waals surface area contributed by atoms with E-state index in [9.17, 15) is 14.7 Å². The number of carboxylic acid groups (broad SMARTS) is 2. The molecule has 0 aromatic heterocycles. The largest absolute Gasteiger partial charge is 0.481 e. The molecule has 6 N–H and O–H groups in total. The molecule has 0 saturated heterocycles. The molecule has 1 rings (SSSR count). The molecular weight excluding hydrogens is 320 g/mol. The fraction of sp³-hybridized carbons (Fsp3) is 0.895. The molecule has 0 heterocycles. The van der Waals surface area contributed by atoms with Crippen molar-refractivity contribution < 1.29 is 19.8 Å². The summed E-state index contributed by atoms with van der Waals surface area (Å²) in [7, 11) is 0. The standard InChI is InChI=1S/C19H36N2O4/c1-12(7-14(21)8-16(22)23)5-6-15-13(2)18(3,4)10-19(15,11-20)9-17(24)25/h12-15H,5-11,20-21H2,1-4H3,(H,22,23)(H,24,25)/t12-,13+,14+,15?,19?/m1/s1. The van der Waals surface area contributed by atoms with Crippen LogP contribution in [0.25, 0.3) is 0 Å². The van der Waals surface area contributed by atoms with Gasteiger partial charge in [0.15, 0.2) is 0 Å². The molecule has 2 unspecified atom stereocenters. The Morgan fingerprint density at radius 3 is 2.32 bits per heavy atom. The molecule has 6 nitrogen and oxygen atoms in total. The molecule has 0 aromatic carbocycles. The fourth-order valence-corrected chi connectivity index (χ4v) is 5.03. The van der Waals surface area contributed by atoms with Crippen molar-refractivity contribution in [3.8, 4) is 0 Å². The number of carbonyl (C=O) groups is 2. The van der Waals surface area contributed by atoms with Gasteiger partial charge in [-0.1, -0.05) is 34.1 Å². The van der Waals surface area contributed by atoms with E-state index in [1.54, 1.807) is 0 Å². The van der Waals surface area contributed by atoms with Crippen molar-refractivity contribution in [3.63, 3.8) is 0 Å². The lowest BCUT2D eigenvalue weighted by atomic mass is 9.70. The summed E-state index contributed by atoms with van der Waals surface area (Å²) >= 11 is 0. The fourth-order valence-electron chi connectivity index (χ4n) is 5.03. The molecule has 0 spiro atoms. The molecule has 0 aliphatic heterocycles. The average molecular weight is 357 g/mol. The highest BCUT2D eigenvalue weighted by atomic mass is 16.4. The number of aliphatic carboxylic acids is 2. The molecule has 0 aromatic rings. The van der Waals surface area contributed by atoms with Gasteiger partial charge in [0.1, 0.15) is 0 Å². The number of carboxylic acids is 2. The van der Waals surface area contributed by atoms with Gasteiger partial charge in [0, 0.05) is 6.04 Å². The average Bonchev–Trinajstić information content (AvgIpc) is 2.62. The van der Waals surface area contributed by atoms with Crippen LogP contribution in [0.4, 0.5) is 0 Å². The first kappa shape index (κ1) is 21.9. The lowest BCUT2D eigenvalue weighted by Gasteiger charge is -2.35. The second kappa shape index (κ2) is 8.49. The van der Waals surface area contributed by atoms with Crippen LogP contribution in [0.3, 0.4) is 0 Å². The molecule has 0 amide bonds. The van der Waals surface area contributed by atoms with Gasteiger partial charge in [0.05, 0.1) is 12.8 Å². The quantitative estimate of drug-likeness (QED) is 0.476. The van der Waals surface area contributed by atoms with Gasteiger partial charge in [-0.25, -0.2) is 0 Å². The van der Waals surface area contributed by atoms with Crippen molar-refractivity contribution in [2.75, 3.05) is 6.54 Å². The van der Waals surface area contributed by atoms with Gasteiger partial charge in [-0.3, -0.25) is 9.59 Å². The van der Waals surface area contributed by atoms with Crippen molar-refractivity contribution in [3.05, 3.63) is 0 Å². The van der Waals surface area contributed by atoms with Crippen molar-refractivity contribution >= 4 is 11.9 Å². The number of rotatable bonds is 10. The third kappa shape index (κ3) is 5.68. The Balaban J connectivity index is 2.78. The first-order valence-electron chi connectivity index (χ1n) is 9.32. The Morgan fingerprint density at radius 1 is 1.24 bits per heavy atom. The smallest absolute Gasteiger partial charge is 0.304 e. The summed E-state index contributed by atoms with van der Waals surface area (Å²) in [6, 6.07) is -0.330. The molecule has 25 heavy (non-hydrogen) atoms. The van der Waals surface area contributed by atoms with Crippen LogP contribution < -0.4 is 11.5 Å². The van der Waals surface area contributed by atoms with Crippen molar-refractivity contribution in [1.29, 1.82) is 0 Å². The maximum atomic E-state index is 11.4. The van der Waals surface area contributed by atoms with Gasteiger partial charge < -0.3 is 21.7 Å². The van der Waals surface area contributed by atoms with Crippen molar-refractivity contribution in [2.45, 2.75) is 72.3 Å². The Morgan fingerprint density at radius 2 is 1.84 bits per heavy atom. The van der Waals surface area contributed by atoms with E-state index in [2.05, 4.69) is 27.7 Å². The van der Waals surface area contributed by atoms with E-state index in [-0.39, 0.29) is 35.6 Å². The number of hydrogen-bond donors (Lipinski definition) is 4. The van der Waals surface area contributed by atoms with Crippen LogP contribution in [0, 0.1) is 28.6 Å². The van der Waals surface area contributed by atoms with Gasteiger partial charge in [0.25, 0.3) is 0 Å². The minimum Gasteiger partial charge on any atom is -0.481 e. The summed E-state index contributed by atoms with van der Waals surface area (Å²) in [5, 5.41) is 18.2. The maximum absolute atomic E-state index is 11.4. The first-order chi connectivity index (χ1) is 11.4. The van der Waals surface area contributed by atoms with Crippen LogP contribution in [0.1, 0.15) is 66.2 Å². The van der Waals surface area contributed by atoms with Gasteiger partial charge in [-0.05, 0) is 54.4 Å². The zero-order valence-corrected chi connectivity index (χ0v) is 16.1. The zero-order chi connectivity index (χ0) is 19.4. The van der Waals surface area contributed by atoms with Crippen LogP contribution in [0.15, 0.2) is 0 Å². The summed E-state index contributed by atoms with van der Waals surface area (Å²) < 4.78 is 0. The molecule has 1 aliphatic rings. The maximum Gasteiger partial charge on any atom is 0.304 e. The molecule has 146 valence electrons. The molecule has 1 saturated carbocycles. The molecule has 5 atom stereocenters. The highest BCUT2D eigenvalue weighted by molar-refractivity contribution is 5.68. The van der Waals surface area contributed by atoms with Crippen molar-refractivity contribution in [2.24, 2.45) is 40.1 Å². The second-order valence-electron chi connectivity index (χ2n) is 8.97. The molecule has 0 radical (unpaired) electrons. The third-order valence-corrected chi connectivity index (χ3v) is 6.45. The Bertz CT molecular complexity index is 480. The van der Waals surface area contributed by atoms with Crippen LogP contribution >= 0.6 is 0 Å². The zero-order valence-electron chi connectivity index (χ0n) is 16.1. The SMILES string of the molecule is C[C@H](CCC1[C@H](C)C(C)(C)CC1(CN)CC(=O)O)C[C@H](N)CC(=O)O. The molecule has 1 fully saturated rings. The predicted octanol–water partition coefficient (Wildman–Crippen LogP) is 2.70. The summed E-state index contributed by atoms with van der Waals surface area (Å²) in [4.78, 5) is 22.2. The first-order valence-corrected chi connectivity index (χ1v) is 9.32. The Labute approximate surface area is 151 Å². The molecule has 1 aliphatic carbocycles. The minimum absolute atomic E-state index is 0.0110. The van der Waals surface area contributed by atoms with Gasteiger partial charge in [-0.15, -0.1) is 0 Å². The van der Waals surface area contributed by atoms with Gasteiger partial charge in [-0.2, -0.15) is 0 Å². The molecule has 0 bridgehead atoms. The van der Waals surface area contributed by atoms with Gasteiger partial charge in [0.2, 0.25) is 0 Å². The number of nitrogens with two attached hydrogens (primary N) is 2. The van der Waals surface area contributed by atoms with E-state index in [0.29, 0.717) is 24.8 Å². The highest BCUT2D eigenvalue weighted by Gasteiger charge is 2.54.